The molecule has 1 amide bonds. The Bertz CT molecular complexity index is 795. The third-order valence-electron chi connectivity index (χ3n) is 3.08. The number of benzene rings is 2. The number of hydrazone groups is 1. The van der Waals surface area contributed by atoms with E-state index in [0.29, 0.717) is 29.2 Å². The summed E-state index contributed by atoms with van der Waals surface area (Å²) in [7, 11) is 0. The fraction of sp³-hybridized carbons (Fsp3) is 0.167. The third-order valence-corrected chi connectivity index (χ3v) is 3.08. The second-order valence-corrected chi connectivity index (χ2v) is 4.85. The van der Waals surface area contributed by atoms with E-state index in [1.807, 2.05) is 13.0 Å². The molecule has 0 heterocycles. The number of carbonyl (C=O) groups excluding carboxylic acids is 1. The number of hydrogen-bond donors (Lipinski definition) is 2. The summed E-state index contributed by atoms with van der Waals surface area (Å²) in [5.74, 6) is 0.319. The van der Waals surface area contributed by atoms with E-state index in [4.69, 9.17) is 14.7 Å². The zero-order chi connectivity index (χ0) is 18.1. The number of amides is 1. The summed E-state index contributed by atoms with van der Waals surface area (Å²) in [6.45, 7) is 2.01. The molecule has 0 atom stereocenters. The van der Waals surface area contributed by atoms with Gasteiger partial charge in [0.15, 0.2) is 18.1 Å². The lowest BCUT2D eigenvalue weighted by atomic mass is 10.2. The molecule has 0 saturated heterocycles. The Morgan fingerprint density at radius 1 is 1.28 bits per heavy atom. The Kier molecular flexibility index (Phi) is 6.37. The van der Waals surface area contributed by atoms with E-state index in [1.165, 1.54) is 6.21 Å². The highest BCUT2D eigenvalue weighted by atomic mass is 16.5. The second kappa shape index (κ2) is 8.93. The molecule has 0 bridgehead atoms. The van der Waals surface area contributed by atoms with Gasteiger partial charge in [0, 0.05) is 5.56 Å². The molecule has 2 rings (SSSR count). The van der Waals surface area contributed by atoms with Crippen LogP contribution in [-0.4, -0.2) is 30.4 Å². The van der Waals surface area contributed by atoms with Crippen molar-refractivity contribution in [2.75, 3.05) is 13.2 Å². The topological polar surface area (TPSA) is 104 Å². The van der Waals surface area contributed by atoms with Crippen molar-refractivity contribution in [1.82, 2.24) is 5.43 Å². The third kappa shape index (κ3) is 5.25. The molecule has 2 N–H and O–H groups in total. The molecule has 0 saturated carbocycles. The lowest BCUT2D eigenvalue weighted by molar-refractivity contribution is -0.123. The first-order chi connectivity index (χ1) is 12.1. The van der Waals surface area contributed by atoms with Gasteiger partial charge in [-0.25, -0.2) is 5.43 Å². The van der Waals surface area contributed by atoms with E-state index in [9.17, 15) is 9.90 Å². The van der Waals surface area contributed by atoms with Crippen molar-refractivity contribution in [3.05, 3.63) is 53.6 Å². The molecule has 25 heavy (non-hydrogen) atoms. The van der Waals surface area contributed by atoms with Crippen LogP contribution in [0.25, 0.3) is 0 Å². The van der Waals surface area contributed by atoms with Crippen molar-refractivity contribution < 1.29 is 19.4 Å². The molecule has 0 spiro atoms. The number of nitrogens with one attached hydrogen (secondary N) is 1. The van der Waals surface area contributed by atoms with E-state index in [0.717, 1.165) is 0 Å². The van der Waals surface area contributed by atoms with Crippen LogP contribution in [0.3, 0.4) is 0 Å². The number of aromatic hydroxyl groups is 1. The van der Waals surface area contributed by atoms with Crippen molar-refractivity contribution in [3.63, 3.8) is 0 Å². The lowest BCUT2D eigenvalue weighted by Gasteiger charge is -2.07. The van der Waals surface area contributed by atoms with Crippen LogP contribution in [0.2, 0.25) is 0 Å². The molecular weight excluding hydrogens is 322 g/mol. The minimum atomic E-state index is -0.457. The standard InChI is InChI=1S/C18H17N3O4/c1-2-24-16-5-3-4-14(18(16)23)11-20-21-17(22)12-25-15-8-6-13(10-19)7-9-15/h3-9,11,23H,2,12H2,1H3,(H,21,22)/b20-11+. The summed E-state index contributed by atoms with van der Waals surface area (Å²) in [6, 6.07) is 13.4. The van der Waals surface area contributed by atoms with E-state index < -0.39 is 5.91 Å². The number of ether oxygens (including phenoxy) is 2. The first-order valence-corrected chi connectivity index (χ1v) is 7.53. The van der Waals surface area contributed by atoms with Gasteiger partial charge in [-0.05, 0) is 43.3 Å². The van der Waals surface area contributed by atoms with Crippen LogP contribution in [0.4, 0.5) is 0 Å². The molecule has 0 aliphatic carbocycles. The van der Waals surface area contributed by atoms with Gasteiger partial charge in [-0.15, -0.1) is 0 Å². The van der Waals surface area contributed by atoms with Crippen LogP contribution in [0.15, 0.2) is 47.6 Å². The van der Waals surface area contributed by atoms with Gasteiger partial charge in [0.1, 0.15) is 5.75 Å². The monoisotopic (exact) mass is 339 g/mol. The second-order valence-electron chi connectivity index (χ2n) is 4.85. The van der Waals surface area contributed by atoms with Gasteiger partial charge in [0.25, 0.3) is 5.91 Å². The van der Waals surface area contributed by atoms with Crippen LogP contribution in [0.1, 0.15) is 18.1 Å². The summed E-state index contributed by atoms with van der Waals surface area (Å²) in [6.07, 6.45) is 1.32. The van der Waals surface area contributed by atoms with Gasteiger partial charge >= 0.3 is 0 Å². The number of nitrogens with zero attached hydrogens (tertiary/aromatic N) is 2. The van der Waals surface area contributed by atoms with Gasteiger partial charge in [0.05, 0.1) is 24.5 Å². The number of phenols is 1. The molecule has 0 fully saturated rings. The average Bonchev–Trinajstić information content (AvgIpc) is 2.63. The highest BCUT2D eigenvalue weighted by molar-refractivity contribution is 5.86. The number of rotatable bonds is 7. The van der Waals surface area contributed by atoms with Crippen molar-refractivity contribution >= 4 is 12.1 Å². The fourth-order valence-electron chi connectivity index (χ4n) is 1.90. The summed E-state index contributed by atoms with van der Waals surface area (Å²) in [5, 5.41) is 22.5. The lowest BCUT2D eigenvalue weighted by Crippen LogP contribution is -2.24. The quantitative estimate of drug-likeness (QED) is 0.594. The van der Waals surface area contributed by atoms with Crippen molar-refractivity contribution in [2.45, 2.75) is 6.92 Å². The largest absolute Gasteiger partial charge is 0.504 e. The highest BCUT2D eigenvalue weighted by Gasteiger charge is 2.06. The fourth-order valence-corrected chi connectivity index (χ4v) is 1.90. The van der Waals surface area contributed by atoms with E-state index >= 15 is 0 Å². The van der Waals surface area contributed by atoms with Crippen molar-refractivity contribution in [2.24, 2.45) is 5.10 Å². The zero-order valence-corrected chi connectivity index (χ0v) is 13.6. The molecule has 0 unspecified atom stereocenters. The molecule has 128 valence electrons. The molecule has 0 aromatic heterocycles. The van der Waals surface area contributed by atoms with Crippen LogP contribution in [0.5, 0.6) is 17.2 Å². The van der Waals surface area contributed by atoms with Gasteiger partial charge < -0.3 is 14.6 Å². The smallest absolute Gasteiger partial charge is 0.277 e. The number of nitriles is 1. The summed E-state index contributed by atoms with van der Waals surface area (Å²) in [5.41, 5.74) is 3.23. The SMILES string of the molecule is CCOc1cccc(/C=N/NC(=O)COc2ccc(C#N)cc2)c1O. The molecular formula is C18H17N3O4. The zero-order valence-electron chi connectivity index (χ0n) is 13.6. The summed E-state index contributed by atoms with van der Waals surface area (Å²) >= 11 is 0. The van der Waals surface area contributed by atoms with Crippen LogP contribution >= 0.6 is 0 Å². The van der Waals surface area contributed by atoms with Crippen LogP contribution in [-0.2, 0) is 4.79 Å². The number of hydrogen-bond acceptors (Lipinski definition) is 6. The molecule has 0 aliphatic heterocycles. The normalized spacial score (nSPS) is 10.2. The minimum Gasteiger partial charge on any atom is -0.504 e. The van der Waals surface area contributed by atoms with Crippen LogP contribution in [0, 0.1) is 11.3 Å². The highest BCUT2D eigenvalue weighted by Crippen LogP contribution is 2.28. The molecule has 7 heteroatoms. The first kappa shape index (κ1) is 17.8. The maximum absolute atomic E-state index is 11.7. The van der Waals surface area contributed by atoms with E-state index in [1.54, 1.807) is 42.5 Å². The van der Waals surface area contributed by atoms with Gasteiger partial charge in [-0.2, -0.15) is 10.4 Å². The molecule has 7 nitrogen and oxygen atoms in total. The maximum atomic E-state index is 11.7. The van der Waals surface area contributed by atoms with Gasteiger partial charge in [-0.1, -0.05) is 6.07 Å². The maximum Gasteiger partial charge on any atom is 0.277 e. The predicted molar refractivity (Wildman–Crippen MR) is 91.7 cm³/mol. The Morgan fingerprint density at radius 2 is 2.04 bits per heavy atom. The average molecular weight is 339 g/mol. The summed E-state index contributed by atoms with van der Waals surface area (Å²) in [4.78, 5) is 11.7. The van der Waals surface area contributed by atoms with Gasteiger partial charge in [-0.3, -0.25) is 4.79 Å². The van der Waals surface area contributed by atoms with Crippen molar-refractivity contribution in [1.29, 1.82) is 5.26 Å². The van der Waals surface area contributed by atoms with Gasteiger partial charge in [0.2, 0.25) is 0 Å². The molecule has 2 aromatic rings. The number of carbonyl (C=O) groups is 1. The Morgan fingerprint density at radius 3 is 2.72 bits per heavy atom. The van der Waals surface area contributed by atoms with Crippen LogP contribution < -0.4 is 14.9 Å². The minimum absolute atomic E-state index is 0.0452. The van der Waals surface area contributed by atoms with E-state index in [2.05, 4.69) is 10.5 Å². The van der Waals surface area contributed by atoms with Crippen molar-refractivity contribution in [3.8, 4) is 23.3 Å². The molecule has 2 aromatic carbocycles. The Balaban J connectivity index is 1.86. The molecule has 0 radical (unpaired) electrons. The Hall–Kier alpha value is -3.53. The predicted octanol–water partition coefficient (Wildman–Crippen LogP) is 2.19. The molecule has 0 aliphatic rings. The first-order valence-electron chi connectivity index (χ1n) is 7.53. The number of phenolic OH excluding ortho intramolecular Hbond substituents is 1. The summed E-state index contributed by atoms with van der Waals surface area (Å²) < 4.78 is 10.5. The Labute approximate surface area is 145 Å². The number of para-hydroxylation sites is 1. The van der Waals surface area contributed by atoms with E-state index in [-0.39, 0.29) is 12.4 Å².